The molecule has 0 N–H and O–H groups in total. The third-order valence-electron chi connectivity index (χ3n) is 7.34. The maximum Gasteiger partial charge on any atom is 0.338 e. The first-order chi connectivity index (χ1) is 23.1. The second-order valence-corrected chi connectivity index (χ2v) is 13.1. The largest absolute Gasteiger partial charge is 0.493 e. The van der Waals surface area contributed by atoms with Crippen molar-refractivity contribution in [2.24, 2.45) is 4.99 Å². The number of thiazole rings is 1. The standard InChI is InChI=1S/C35H33BrCl2N2O7S/c1-6-44-26-12-10-21(16-27(26)45-7-2)31-30(34(42)46-8-3)19(4)39-35-40(31)33(41)29(48-35)15-20-13-24(36)32(28(14-20)43-5)47-18-22-9-11-23(37)17-25(22)38/h9-17,31H,6-8,18H2,1-5H3/b29-15-/t31-/m0/s1. The lowest BCUT2D eigenvalue weighted by Crippen LogP contribution is -2.40. The van der Waals surface area contributed by atoms with Crippen LogP contribution in [0.15, 0.2) is 74.1 Å². The minimum Gasteiger partial charge on any atom is -0.493 e. The van der Waals surface area contributed by atoms with Gasteiger partial charge in [-0.2, -0.15) is 0 Å². The van der Waals surface area contributed by atoms with E-state index in [1.54, 1.807) is 56.3 Å². The van der Waals surface area contributed by atoms with Crippen molar-refractivity contribution in [2.75, 3.05) is 26.9 Å². The molecule has 0 spiro atoms. The molecule has 1 aliphatic rings. The maximum atomic E-state index is 14.2. The highest BCUT2D eigenvalue weighted by Gasteiger charge is 2.34. The van der Waals surface area contributed by atoms with Crippen molar-refractivity contribution in [3.8, 4) is 23.0 Å². The Hall–Kier alpha value is -3.77. The molecular formula is C35H33BrCl2N2O7S. The van der Waals surface area contributed by atoms with Gasteiger partial charge in [0.1, 0.15) is 6.61 Å². The van der Waals surface area contributed by atoms with E-state index in [1.165, 1.54) is 23.0 Å². The summed E-state index contributed by atoms with van der Waals surface area (Å²) in [5.41, 5.74) is 2.50. The Labute approximate surface area is 300 Å². The van der Waals surface area contributed by atoms with Crippen molar-refractivity contribution >= 4 is 62.5 Å². The predicted molar refractivity (Wildman–Crippen MR) is 191 cm³/mol. The van der Waals surface area contributed by atoms with Gasteiger partial charge in [-0.3, -0.25) is 9.36 Å². The first-order valence-electron chi connectivity index (χ1n) is 15.1. The van der Waals surface area contributed by atoms with Crippen LogP contribution in [0.1, 0.15) is 50.4 Å². The Morgan fingerprint density at radius 1 is 0.979 bits per heavy atom. The van der Waals surface area contributed by atoms with Gasteiger partial charge in [0, 0.05) is 15.6 Å². The van der Waals surface area contributed by atoms with Crippen LogP contribution in [0.3, 0.4) is 0 Å². The van der Waals surface area contributed by atoms with Crippen LogP contribution < -0.4 is 33.8 Å². The number of ether oxygens (including phenoxy) is 5. The van der Waals surface area contributed by atoms with Gasteiger partial charge < -0.3 is 23.7 Å². The van der Waals surface area contributed by atoms with Gasteiger partial charge in [0.05, 0.1) is 53.2 Å². The summed E-state index contributed by atoms with van der Waals surface area (Å²) in [5.74, 6) is 1.45. The van der Waals surface area contributed by atoms with Crippen molar-refractivity contribution in [1.29, 1.82) is 0 Å². The average molecular weight is 777 g/mol. The number of carbonyl (C=O) groups is 1. The van der Waals surface area contributed by atoms with Gasteiger partial charge in [0.2, 0.25) is 0 Å². The van der Waals surface area contributed by atoms with Gasteiger partial charge in [-0.15, -0.1) is 0 Å². The van der Waals surface area contributed by atoms with Gasteiger partial charge in [0.25, 0.3) is 5.56 Å². The number of aromatic nitrogens is 1. The molecule has 0 unspecified atom stereocenters. The molecule has 0 radical (unpaired) electrons. The van der Waals surface area contributed by atoms with E-state index in [-0.39, 0.29) is 24.3 Å². The van der Waals surface area contributed by atoms with Crippen LogP contribution in [0.4, 0.5) is 0 Å². The van der Waals surface area contributed by atoms with Gasteiger partial charge >= 0.3 is 5.97 Å². The van der Waals surface area contributed by atoms with Gasteiger partial charge in [-0.25, -0.2) is 9.79 Å². The van der Waals surface area contributed by atoms with E-state index in [0.29, 0.717) is 76.9 Å². The number of methoxy groups -OCH3 is 1. The molecular weight excluding hydrogens is 743 g/mol. The molecule has 252 valence electrons. The molecule has 1 aromatic heterocycles. The molecule has 0 bridgehead atoms. The van der Waals surface area contributed by atoms with E-state index < -0.39 is 12.0 Å². The smallest absolute Gasteiger partial charge is 0.338 e. The molecule has 3 aromatic carbocycles. The lowest BCUT2D eigenvalue weighted by molar-refractivity contribution is -0.139. The fraction of sp³-hybridized carbons (Fsp3) is 0.286. The molecule has 1 aliphatic heterocycles. The molecule has 0 amide bonds. The quantitative estimate of drug-likeness (QED) is 0.140. The summed E-state index contributed by atoms with van der Waals surface area (Å²) >= 11 is 17.2. The van der Waals surface area contributed by atoms with Crippen molar-refractivity contribution in [2.45, 2.75) is 40.3 Å². The van der Waals surface area contributed by atoms with Crippen molar-refractivity contribution in [1.82, 2.24) is 4.57 Å². The average Bonchev–Trinajstić information content (AvgIpc) is 3.35. The first-order valence-corrected chi connectivity index (χ1v) is 17.5. The number of hydrogen-bond acceptors (Lipinski definition) is 9. The Kier molecular flexibility index (Phi) is 11.6. The normalized spacial score (nSPS) is 14.3. The third kappa shape index (κ3) is 7.44. The zero-order chi connectivity index (χ0) is 34.5. The highest BCUT2D eigenvalue weighted by atomic mass is 79.9. The van der Waals surface area contributed by atoms with E-state index in [9.17, 15) is 9.59 Å². The molecule has 13 heteroatoms. The minimum absolute atomic E-state index is 0.170. The Bertz CT molecular complexity index is 2080. The molecule has 9 nitrogen and oxygen atoms in total. The van der Waals surface area contributed by atoms with Gasteiger partial charge in [-0.05, 0) is 97.2 Å². The number of esters is 1. The lowest BCUT2D eigenvalue weighted by Gasteiger charge is -2.25. The van der Waals surface area contributed by atoms with Gasteiger partial charge in [0.15, 0.2) is 27.8 Å². The summed E-state index contributed by atoms with van der Waals surface area (Å²) in [5, 5.41) is 1.02. The van der Waals surface area contributed by atoms with E-state index in [1.807, 2.05) is 26.0 Å². The van der Waals surface area contributed by atoms with Crippen LogP contribution >= 0.6 is 50.5 Å². The minimum atomic E-state index is -0.811. The van der Waals surface area contributed by atoms with Crippen molar-refractivity contribution in [3.05, 3.63) is 111 Å². The van der Waals surface area contributed by atoms with E-state index >= 15 is 0 Å². The zero-order valence-corrected chi connectivity index (χ0v) is 30.8. The Morgan fingerprint density at radius 3 is 2.42 bits per heavy atom. The van der Waals surface area contributed by atoms with E-state index in [2.05, 4.69) is 20.9 Å². The summed E-state index contributed by atoms with van der Waals surface area (Å²) in [7, 11) is 1.54. The number of allylic oxidation sites excluding steroid dienone is 1. The Morgan fingerprint density at radius 2 is 1.73 bits per heavy atom. The molecule has 5 rings (SSSR count). The van der Waals surface area contributed by atoms with E-state index in [0.717, 1.165) is 5.56 Å². The number of carbonyl (C=O) groups excluding carboxylic acids is 1. The second-order valence-electron chi connectivity index (χ2n) is 10.4. The molecule has 2 heterocycles. The van der Waals surface area contributed by atoms with Crippen LogP contribution in [0.25, 0.3) is 6.08 Å². The summed E-state index contributed by atoms with van der Waals surface area (Å²) in [4.78, 5) is 32.7. The molecule has 0 saturated heterocycles. The summed E-state index contributed by atoms with van der Waals surface area (Å²) in [6, 6.07) is 13.4. The van der Waals surface area contributed by atoms with Crippen molar-refractivity contribution < 1.29 is 28.5 Å². The number of hydrogen-bond donors (Lipinski definition) is 0. The predicted octanol–water partition coefficient (Wildman–Crippen LogP) is 7.25. The zero-order valence-electron chi connectivity index (χ0n) is 26.9. The van der Waals surface area contributed by atoms with Gasteiger partial charge in [-0.1, -0.05) is 46.7 Å². The van der Waals surface area contributed by atoms with Crippen LogP contribution in [-0.4, -0.2) is 37.5 Å². The summed E-state index contributed by atoms with van der Waals surface area (Å²) in [6.45, 7) is 8.45. The van der Waals surface area contributed by atoms with E-state index in [4.69, 9.17) is 46.9 Å². The first kappa shape index (κ1) is 35.5. The molecule has 1 atom stereocenters. The molecule has 4 aromatic rings. The number of fused-ring (bicyclic) bond motifs is 1. The topological polar surface area (TPSA) is 97.6 Å². The van der Waals surface area contributed by atoms with Crippen LogP contribution in [0.2, 0.25) is 10.0 Å². The fourth-order valence-corrected chi connectivity index (χ4v) is 7.33. The Balaban J connectivity index is 1.59. The second kappa shape index (κ2) is 15.6. The molecule has 0 saturated carbocycles. The van der Waals surface area contributed by atoms with Crippen molar-refractivity contribution in [3.63, 3.8) is 0 Å². The maximum absolute atomic E-state index is 14.2. The number of nitrogens with zero attached hydrogens (tertiary/aromatic N) is 2. The SMILES string of the molecule is CCOC(=O)C1=C(C)N=c2s/c(=C\c3cc(Br)c(OCc4ccc(Cl)cc4Cl)c(OC)c3)c(=O)n2[C@H]1c1ccc(OCC)c(OCC)c1. The summed E-state index contributed by atoms with van der Waals surface area (Å²) in [6.07, 6.45) is 1.75. The highest BCUT2D eigenvalue weighted by molar-refractivity contribution is 9.10. The monoisotopic (exact) mass is 774 g/mol. The molecule has 48 heavy (non-hydrogen) atoms. The highest BCUT2D eigenvalue weighted by Crippen LogP contribution is 2.39. The molecule has 0 aliphatic carbocycles. The summed E-state index contributed by atoms with van der Waals surface area (Å²) < 4.78 is 31.4. The third-order valence-corrected chi connectivity index (χ3v) is 9.50. The van der Waals surface area contributed by atoms with Crippen LogP contribution in [-0.2, 0) is 16.1 Å². The number of rotatable bonds is 12. The number of halogens is 3. The lowest BCUT2D eigenvalue weighted by atomic mass is 9.95. The number of benzene rings is 3. The fourth-order valence-electron chi connectivity index (χ4n) is 5.25. The molecule has 0 fully saturated rings. The van der Waals surface area contributed by atoms with Crippen LogP contribution in [0.5, 0.6) is 23.0 Å². The van der Waals surface area contributed by atoms with Crippen LogP contribution in [0, 0.1) is 0 Å².